The second-order valence-corrected chi connectivity index (χ2v) is 5.15. The highest BCUT2D eigenvalue weighted by atomic mass is 19.3. The minimum Gasteiger partial charge on any atom is -0.308 e. The van der Waals surface area contributed by atoms with Gasteiger partial charge >= 0.3 is 0 Å². The number of anilines is 1. The lowest BCUT2D eigenvalue weighted by Crippen LogP contribution is -2.43. The third-order valence-corrected chi connectivity index (χ3v) is 3.60. The summed E-state index contributed by atoms with van der Waals surface area (Å²) in [6, 6.07) is 0.488. The van der Waals surface area contributed by atoms with Crippen molar-refractivity contribution in [3.05, 3.63) is 12.3 Å². The van der Waals surface area contributed by atoms with E-state index >= 15 is 0 Å². The zero-order valence-electron chi connectivity index (χ0n) is 10.4. The topological polar surface area (TPSA) is 59.0 Å². The maximum Gasteiger partial charge on any atom is 0.272 e. The molecule has 0 radical (unpaired) electrons. The van der Waals surface area contributed by atoms with E-state index in [1.54, 1.807) is 6.07 Å². The van der Waals surface area contributed by atoms with Crippen LogP contribution < -0.4 is 10.6 Å². The molecule has 7 heteroatoms. The Morgan fingerprint density at radius 3 is 2.95 bits per heavy atom. The number of rotatable bonds is 3. The molecule has 1 aliphatic heterocycles. The Hall–Kier alpha value is -1.50. The van der Waals surface area contributed by atoms with Gasteiger partial charge in [0.2, 0.25) is 5.91 Å². The van der Waals surface area contributed by atoms with Crippen LogP contribution in [0.3, 0.4) is 0 Å². The van der Waals surface area contributed by atoms with Gasteiger partial charge in [-0.05, 0) is 19.4 Å². The Morgan fingerprint density at radius 2 is 2.32 bits per heavy atom. The Labute approximate surface area is 109 Å². The van der Waals surface area contributed by atoms with Gasteiger partial charge in [-0.25, -0.2) is 8.78 Å². The van der Waals surface area contributed by atoms with Gasteiger partial charge in [-0.15, -0.1) is 0 Å². The minimum atomic E-state index is -2.65. The molecule has 2 heterocycles. The summed E-state index contributed by atoms with van der Waals surface area (Å²) in [6.07, 6.45) is 4.21. The quantitative estimate of drug-likeness (QED) is 0.876. The minimum absolute atomic E-state index is 0.146. The van der Waals surface area contributed by atoms with Gasteiger partial charge in [0.05, 0.1) is 6.04 Å². The lowest BCUT2D eigenvalue weighted by Gasteiger charge is -2.21. The van der Waals surface area contributed by atoms with Gasteiger partial charge in [0.1, 0.15) is 6.04 Å². The molecule has 1 saturated heterocycles. The summed E-state index contributed by atoms with van der Waals surface area (Å²) in [7, 11) is 0. The Kier molecular flexibility index (Phi) is 3.00. The molecule has 2 unspecified atom stereocenters. The second-order valence-electron chi connectivity index (χ2n) is 5.15. The lowest BCUT2D eigenvalue weighted by molar-refractivity contribution is -0.118. The van der Waals surface area contributed by atoms with E-state index in [1.807, 2.05) is 0 Å². The molecular weight excluding hydrogens is 254 g/mol. The average Bonchev–Trinajstić information content (AvgIpc) is 2.84. The monoisotopic (exact) mass is 270 g/mol. The number of alkyl halides is 2. The Bertz CT molecular complexity index is 482. The van der Waals surface area contributed by atoms with Gasteiger partial charge < -0.3 is 10.6 Å². The molecule has 3 rings (SSSR count). The van der Waals surface area contributed by atoms with E-state index in [-0.39, 0.29) is 18.4 Å². The number of nitrogens with one attached hydrogen (secondary N) is 2. The first-order chi connectivity index (χ1) is 9.06. The fourth-order valence-corrected chi connectivity index (χ4v) is 2.35. The van der Waals surface area contributed by atoms with Gasteiger partial charge in [-0.3, -0.25) is 9.48 Å². The van der Waals surface area contributed by atoms with Gasteiger partial charge in [-0.2, -0.15) is 5.10 Å². The summed E-state index contributed by atoms with van der Waals surface area (Å²) in [5.74, 6) is -2.47. The summed E-state index contributed by atoms with van der Waals surface area (Å²) in [5, 5.41) is 9.77. The van der Waals surface area contributed by atoms with E-state index in [2.05, 4.69) is 15.7 Å². The zero-order chi connectivity index (χ0) is 13.5. The highest BCUT2D eigenvalue weighted by Gasteiger charge is 2.59. The molecule has 1 aromatic rings. The first-order valence-corrected chi connectivity index (χ1v) is 6.53. The van der Waals surface area contributed by atoms with Crippen molar-refractivity contribution < 1.29 is 13.6 Å². The van der Waals surface area contributed by atoms with Crippen LogP contribution in [0.25, 0.3) is 0 Å². The van der Waals surface area contributed by atoms with Crippen molar-refractivity contribution in [3.8, 4) is 0 Å². The molecule has 0 aromatic carbocycles. The van der Waals surface area contributed by atoms with Crippen LogP contribution >= 0.6 is 0 Å². The molecule has 2 fully saturated rings. The van der Waals surface area contributed by atoms with Crippen LogP contribution in [-0.4, -0.2) is 34.2 Å². The SMILES string of the molecule is O=C(Nc1ccn(C2CC2(F)F)n1)C1CCCCN1. The number of piperidine rings is 1. The molecule has 2 aliphatic rings. The summed E-state index contributed by atoms with van der Waals surface area (Å²) in [5.41, 5.74) is 0. The molecule has 1 aromatic heterocycles. The van der Waals surface area contributed by atoms with Crippen LogP contribution in [0.5, 0.6) is 0 Å². The molecule has 0 spiro atoms. The predicted octanol–water partition coefficient (Wildman–Crippen LogP) is 1.54. The summed E-state index contributed by atoms with van der Waals surface area (Å²) in [4.78, 5) is 11.9. The van der Waals surface area contributed by atoms with Crippen LogP contribution in [0.4, 0.5) is 14.6 Å². The zero-order valence-corrected chi connectivity index (χ0v) is 10.4. The van der Waals surface area contributed by atoms with Crippen LogP contribution in [0.1, 0.15) is 31.7 Å². The fraction of sp³-hybridized carbons (Fsp3) is 0.667. The number of nitrogens with zero attached hydrogens (tertiary/aromatic N) is 2. The van der Waals surface area contributed by atoms with E-state index in [1.165, 1.54) is 10.9 Å². The molecule has 1 amide bonds. The predicted molar refractivity (Wildman–Crippen MR) is 65.1 cm³/mol. The molecule has 2 N–H and O–H groups in total. The number of halogens is 2. The molecule has 5 nitrogen and oxygen atoms in total. The van der Waals surface area contributed by atoms with Gasteiger partial charge in [0.25, 0.3) is 5.92 Å². The van der Waals surface area contributed by atoms with E-state index in [0.29, 0.717) is 5.82 Å². The molecule has 2 atom stereocenters. The van der Waals surface area contributed by atoms with E-state index < -0.39 is 12.0 Å². The number of hydrogen-bond acceptors (Lipinski definition) is 3. The third kappa shape index (κ3) is 2.60. The van der Waals surface area contributed by atoms with Crippen molar-refractivity contribution in [2.24, 2.45) is 0 Å². The first kappa shape index (κ1) is 12.5. The standard InChI is InChI=1S/C12H16F2N4O/c13-12(14)7-9(12)18-6-4-10(17-18)16-11(19)8-3-1-2-5-15-8/h4,6,8-9,15H,1-3,5,7H2,(H,16,17,19). The van der Waals surface area contributed by atoms with Crippen LogP contribution in [-0.2, 0) is 4.79 Å². The molecular formula is C12H16F2N4O. The Morgan fingerprint density at radius 1 is 1.53 bits per heavy atom. The van der Waals surface area contributed by atoms with Crippen molar-refractivity contribution >= 4 is 11.7 Å². The normalized spacial score (nSPS) is 28.9. The van der Waals surface area contributed by atoms with E-state index in [4.69, 9.17) is 0 Å². The Balaban J connectivity index is 1.59. The van der Waals surface area contributed by atoms with Crippen molar-refractivity contribution in [2.75, 3.05) is 11.9 Å². The number of hydrogen-bond donors (Lipinski definition) is 2. The smallest absolute Gasteiger partial charge is 0.272 e. The summed E-state index contributed by atoms with van der Waals surface area (Å²) >= 11 is 0. The largest absolute Gasteiger partial charge is 0.308 e. The van der Waals surface area contributed by atoms with Crippen molar-refractivity contribution in [1.29, 1.82) is 0 Å². The first-order valence-electron chi connectivity index (χ1n) is 6.53. The number of carbonyl (C=O) groups is 1. The molecule has 19 heavy (non-hydrogen) atoms. The molecule has 1 aliphatic carbocycles. The van der Waals surface area contributed by atoms with E-state index in [0.717, 1.165) is 25.8 Å². The maximum absolute atomic E-state index is 12.9. The van der Waals surface area contributed by atoms with Crippen LogP contribution in [0.2, 0.25) is 0 Å². The molecule has 1 saturated carbocycles. The molecule has 0 bridgehead atoms. The molecule has 104 valence electrons. The van der Waals surface area contributed by atoms with Crippen molar-refractivity contribution in [2.45, 2.75) is 43.7 Å². The van der Waals surface area contributed by atoms with Crippen molar-refractivity contribution in [3.63, 3.8) is 0 Å². The van der Waals surface area contributed by atoms with Crippen LogP contribution in [0.15, 0.2) is 12.3 Å². The van der Waals surface area contributed by atoms with Gasteiger partial charge in [0, 0.05) is 18.7 Å². The highest BCUT2D eigenvalue weighted by Crippen LogP contribution is 2.52. The average molecular weight is 270 g/mol. The van der Waals surface area contributed by atoms with Crippen molar-refractivity contribution in [1.82, 2.24) is 15.1 Å². The number of amides is 1. The lowest BCUT2D eigenvalue weighted by atomic mass is 10.0. The highest BCUT2D eigenvalue weighted by molar-refractivity contribution is 5.94. The van der Waals surface area contributed by atoms with E-state index in [9.17, 15) is 13.6 Å². The maximum atomic E-state index is 12.9. The fourth-order valence-electron chi connectivity index (χ4n) is 2.35. The number of carbonyl (C=O) groups excluding carboxylic acids is 1. The second kappa shape index (κ2) is 4.56. The van der Waals surface area contributed by atoms with Gasteiger partial charge in [-0.1, -0.05) is 6.42 Å². The van der Waals surface area contributed by atoms with Gasteiger partial charge in [0.15, 0.2) is 5.82 Å². The number of aromatic nitrogens is 2. The summed E-state index contributed by atoms with van der Waals surface area (Å²) < 4.78 is 27.0. The third-order valence-electron chi connectivity index (χ3n) is 3.60. The van der Waals surface area contributed by atoms with Crippen LogP contribution in [0, 0.1) is 0 Å². The summed E-state index contributed by atoms with van der Waals surface area (Å²) in [6.45, 7) is 0.834.